The van der Waals surface area contributed by atoms with Crippen molar-refractivity contribution in [2.75, 3.05) is 33.9 Å². The molecule has 37 heavy (non-hydrogen) atoms. The van der Waals surface area contributed by atoms with E-state index in [-0.39, 0.29) is 5.92 Å². The fraction of sp³-hybridized carbons (Fsp3) is 0.464. The van der Waals surface area contributed by atoms with Crippen molar-refractivity contribution < 1.29 is 34.1 Å². The van der Waals surface area contributed by atoms with E-state index in [1.54, 1.807) is 14.2 Å². The second-order valence-corrected chi connectivity index (χ2v) is 8.94. The lowest BCUT2D eigenvalue weighted by molar-refractivity contribution is -0.159. The zero-order valence-electron chi connectivity index (χ0n) is 21.9. The molecule has 1 heterocycles. The van der Waals surface area contributed by atoms with Crippen LogP contribution in [0.15, 0.2) is 48.5 Å². The van der Waals surface area contributed by atoms with Crippen LogP contribution in [0.25, 0.3) is 0 Å². The number of nitrogens with zero attached hydrogens (tertiary/aromatic N) is 2. The Morgan fingerprint density at radius 2 is 1.62 bits per heavy atom. The number of amides is 1. The maximum Gasteiger partial charge on any atom is 0.414 e. The number of likely N-dealkylation sites (tertiary alicyclic amines) is 1. The van der Waals surface area contributed by atoms with Crippen LogP contribution in [-0.4, -0.2) is 71.7 Å². The van der Waals surface area contributed by atoms with E-state index < -0.39 is 11.9 Å². The lowest BCUT2D eigenvalue weighted by Crippen LogP contribution is -2.42. The predicted octanol–water partition coefficient (Wildman–Crippen LogP) is 3.90. The summed E-state index contributed by atoms with van der Waals surface area (Å²) in [7, 11) is 3.36. The van der Waals surface area contributed by atoms with Gasteiger partial charge in [0.2, 0.25) is 5.91 Å². The van der Waals surface area contributed by atoms with Crippen molar-refractivity contribution >= 4 is 17.8 Å². The number of ether oxygens (including phenoxy) is 2. The number of rotatable bonds is 10. The number of hydrogen-bond donors (Lipinski definition) is 2. The molecular weight excluding hydrogens is 476 g/mol. The Kier molecular flexibility index (Phi) is 12.4. The summed E-state index contributed by atoms with van der Waals surface area (Å²) in [6, 6.07) is 16.3. The molecule has 0 unspecified atom stereocenters. The second-order valence-electron chi connectivity index (χ2n) is 8.94. The Morgan fingerprint density at radius 1 is 0.973 bits per heavy atom. The Hall–Kier alpha value is -3.59. The molecule has 2 aromatic carbocycles. The second kappa shape index (κ2) is 15.5. The van der Waals surface area contributed by atoms with Gasteiger partial charge in [0.1, 0.15) is 11.5 Å². The number of carbonyl (C=O) groups excluding carboxylic acids is 1. The third-order valence-corrected chi connectivity index (χ3v) is 6.32. The van der Waals surface area contributed by atoms with E-state index in [0.29, 0.717) is 12.5 Å². The van der Waals surface area contributed by atoms with Crippen molar-refractivity contribution in [1.29, 1.82) is 0 Å². The summed E-state index contributed by atoms with van der Waals surface area (Å²) in [6.45, 7) is 6.42. The lowest BCUT2D eigenvalue weighted by Gasteiger charge is -2.34. The van der Waals surface area contributed by atoms with Gasteiger partial charge in [-0.2, -0.15) is 0 Å². The number of benzene rings is 2. The number of carboxylic acids is 2. The maximum atomic E-state index is 13.3. The van der Waals surface area contributed by atoms with E-state index in [2.05, 4.69) is 34.9 Å². The molecule has 0 bridgehead atoms. The number of carboxylic acid groups (broad SMARTS) is 2. The van der Waals surface area contributed by atoms with E-state index in [1.165, 1.54) is 5.56 Å². The molecule has 1 aliphatic heterocycles. The molecule has 0 spiro atoms. The highest BCUT2D eigenvalue weighted by Crippen LogP contribution is 2.28. The van der Waals surface area contributed by atoms with E-state index in [9.17, 15) is 4.79 Å². The summed E-state index contributed by atoms with van der Waals surface area (Å²) in [5, 5.41) is 14.8. The number of hydrogen-bond acceptors (Lipinski definition) is 6. The molecule has 0 aromatic heterocycles. The molecule has 1 aliphatic rings. The minimum atomic E-state index is -1.82. The summed E-state index contributed by atoms with van der Waals surface area (Å²) in [5.41, 5.74) is 2.36. The van der Waals surface area contributed by atoms with Crippen LogP contribution >= 0.6 is 0 Å². The van der Waals surface area contributed by atoms with Crippen LogP contribution in [0.2, 0.25) is 0 Å². The van der Waals surface area contributed by atoms with Crippen LogP contribution in [0, 0.1) is 5.92 Å². The first-order chi connectivity index (χ1) is 17.8. The van der Waals surface area contributed by atoms with Gasteiger partial charge in [0.05, 0.1) is 14.2 Å². The van der Waals surface area contributed by atoms with Crippen LogP contribution in [0.1, 0.15) is 43.7 Å². The van der Waals surface area contributed by atoms with Crippen molar-refractivity contribution in [1.82, 2.24) is 9.80 Å². The molecule has 0 atom stereocenters. The van der Waals surface area contributed by atoms with Crippen molar-refractivity contribution in [2.45, 2.75) is 45.7 Å². The highest BCUT2D eigenvalue weighted by molar-refractivity contribution is 6.27. The van der Waals surface area contributed by atoms with Gasteiger partial charge in [0, 0.05) is 37.2 Å². The number of unbranched alkanes of at least 4 members (excludes halogenated alkanes) is 1. The Balaban J connectivity index is 0.000000717. The summed E-state index contributed by atoms with van der Waals surface area (Å²) in [6.07, 6.45) is 3.97. The molecule has 1 fully saturated rings. The van der Waals surface area contributed by atoms with Crippen LogP contribution in [-0.2, 0) is 27.5 Å². The van der Waals surface area contributed by atoms with Crippen molar-refractivity contribution in [2.24, 2.45) is 5.92 Å². The molecule has 1 amide bonds. The Morgan fingerprint density at radius 3 is 2.16 bits per heavy atom. The zero-order valence-corrected chi connectivity index (χ0v) is 21.9. The smallest absolute Gasteiger partial charge is 0.414 e. The highest BCUT2D eigenvalue weighted by atomic mass is 16.5. The molecule has 202 valence electrons. The minimum absolute atomic E-state index is 0.120. The third kappa shape index (κ3) is 9.76. The van der Waals surface area contributed by atoms with Crippen LogP contribution in [0.3, 0.4) is 0 Å². The van der Waals surface area contributed by atoms with Crippen LogP contribution in [0.4, 0.5) is 0 Å². The highest BCUT2D eigenvalue weighted by Gasteiger charge is 2.28. The van der Waals surface area contributed by atoms with Gasteiger partial charge in [-0.15, -0.1) is 0 Å². The van der Waals surface area contributed by atoms with Gasteiger partial charge in [-0.05, 0) is 44.0 Å². The summed E-state index contributed by atoms with van der Waals surface area (Å²) in [5.74, 6) is -1.56. The molecule has 0 aliphatic carbocycles. The molecule has 2 N–H and O–H groups in total. The Labute approximate surface area is 218 Å². The average molecular weight is 515 g/mol. The summed E-state index contributed by atoms with van der Waals surface area (Å²) < 4.78 is 10.8. The first kappa shape index (κ1) is 29.6. The van der Waals surface area contributed by atoms with Gasteiger partial charge in [0.15, 0.2) is 0 Å². The molecule has 3 rings (SSSR count). The largest absolute Gasteiger partial charge is 0.497 e. The molecule has 1 saturated heterocycles. The monoisotopic (exact) mass is 514 g/mol. The fourth-order valence-electron chi connectivity index (χ4n) is 4.24. The van der Waals surface area contributed by atoms with Crippen molar-refractivity contribution in [3.05, 3.63) is 59.7 Å². The molecule has 0 radical (unpaired) electrons. The van der Waals surface area contributed by atoms with Crippen LogP contribution < -0.4 is 9.47 Å². The van der Waals surface area contributed by atoms with Gasteiger partial charge in [0.25, 0.3) is 0 Å². The SMILES string of the molecule is CCCCN(Cc1ccccc1)C(=O)C1CCN(Cc2ccc(OC)cc2OC)CC1.O=C(O)C(=O)O. The number of methoxy groups -OCH3 is 2. The van der Waals surface area contributed by atoms with E-state index in [0.717, 1.165) is 68.9 Å². The first-order valence-electron chi connectivity index (χ1n) is 12.5. The van der Waals surface area contributed by atoms with Crippen LogP contribution in [0.5, 0.6) is 11.5 Å². The standard InChI is InChI=1S/C26H36N2O3.C2H2O4/c1-4-5-15-28(19-21-9-7-6-8-10-21)26(29)22-13-16-27(17-14-22)20-23-11-12-24(30-2)18-25(23)31-3;3-1(4)2(5)6/h6-12,18,22H,4-5,13-17,19-20H2,1-3H3;(H,3,4)(H,5,6). The average Bonchev–Trinajstić information content (AvgIpc) is 2.92. The lowest BCUT2D eigenvalue weighted by atomic mass is 9.94. The first-order valence-corrected chi connectivity index (χ1v) is 12.5. The number of aliphatic carboxylic acids is 2. The van der Waals surface area contributed by atoms with Gasteiger partial charge >= 0.3 is 11.9 Å². The Bertz CT molecular complexity index is 993. The molecule has 9 nitrogen and oxygen atoms in total. The molecule has 0 saturated carbocycles. The van der Waals surface area contributed by atoms with Crippen molar-refractivity contribution in [3.8, 4) is 11.5 Å². The van der Waals surface area contributed by atoms with Crippen molar-refractivity contribution in [3.63, 3.8) is 0 Å². The van der Waals surface area contributed by atoms with Gasteiger partial charge in [-0.3, -0.25) is 9.69 Å². The molecule has 9 heteroatoms. The van der Waals surface area contributed by atoms with Gasteiger partial charge in [-0.1, -0.05) is 49.7 Å². The minimum Gasteiger partial charge on any atom is -0.497 e. The fourth-order valence-corrected chi connectivity index (χ4v) is 4.24. The third-order valence-electron chi connectivity index (χ3n) is 6.32. The molecular formula is C28H38N2O7. The predicted molar refractivity (Wildman–Crippen MR) is 140 cm³/mol. The quantitative estimate of drug-likeness (QED) is 0.459. The van der Waals surface area contributed by atoms with Gasteiger partial charge < -0.3 is 24.6 Å². The van der Waals surface area contributed by atoms with E-state index >= 15 is 0 Å². The summed E-state index contributed by atoms with van der Waals surface area (Å²) >= 11 is 0. The molecule has 2 aromatic rings. The van der Waals surface area contributed by atoms with E-state index in [1.807, 2.05) is 30.3 Å². The topological polar surface area (TPSA) is 117 Å². The van der Waals surface area contributed by atoms with Gasteiger partial charge in [-0.25, -0.2) is 9.59 Å². The van der Waals surface area contributed by atoms with E-state index in [4.69, 9.17) is 29.3 Å². The number of piperidine rings is 1. The maximum absolute atomic E-state index is 13.3. The number of carbonyl (C=O) groups is 3. The summed E-state index contributed by atoms with van der Waals surface area (Å²) in [4.78, 5) is 36.0. The zero-order chi connectivity index (χ0) is 27.2. The normalized spacial score (nSPS) is 13.7.